The first kappa shape index (κ1) is 12.9. The first-order valence-electron chi connectivity index (χ1n) is 6.30. The van der Waals surface area contributed by atoms with Crippen molar-refractivity contribution in [1.82, 2.24) is 4.98 Å². The van der Waals surface area contributed by atoms with Gasteiger partial charge in [0.2, 0.25) is 0 Å². The van der Waals surface area contributed by atoms with Crippen LogP contribution in [0.1, 0.15) is 15.9 Å². The number of oxazole rings is 1. The van der Waals surface area contributed by atoms with Crippen molar-refractivity contribution in [3.8, 4) is 0 Å². The number of ketones is 1. The Kier molecular flexibility index (Phi) is 3.56. The van der Waals surface area contributed by atoms with Crippen molar-refractivity contribution in [2.75, 3.05) is 5.75 Å². The van der Waals surface area contributed by atoms with E-state index in [9.17, 15) is 4.79 Å². The van der Waals surface area contributed by atoms with Crippen LogP contribution in [-0.2, 0) is 0 Å². The molecule has 3 nitrogen and oxygen atoms in total. The topological polar surface area (TPSA) is 43.1 Å². The summed E-state index contributed by atoms with van der Waals surface area (Å²) in [5.74, 6) is 0.414. The zero-order valence-corrected chi connectivity index (χ0v) is 11.8. The highest BCUT2D eigenvalue weighted by Crippen LogP contribution is 2.23. The predicted molar refractivity (Wildman–Crippen MR) is 80.2 cm³/mol. The quantitative estimate of drug-likeness (QED) is 0.534. The van der Waals surface area contributed by atoms with Crippen molar-refractivity contribution < 1.29 is 9.21 Å². The Labute approximate surface area is 121 Å². The number of carbonyl (C=O) groups is 1. The molecule has 0 amide bonds. The lowest BCUT2D eigenvalue weighted by atomic mass is 10.1. The van der Waals surface area contributed by atoms with Gasteiger partial charge in [-0.25, -0.2) is 4.98 Å². The van der Waals surface area contributed by atoms with E-state index < -0.39 is 0 Å². The molecule has 3 rings (SSSR count). The highest BCUT2D eigenvalue weighted by atomic mass is 32.2. The second-order valence-electron chi connectivity index (χ2n) is 4.53. The average molecular weight is 283 g/mol. The smallest absolute Gasteiger partial charge is 0.257 e. The maximum atomic E-state index is 12.1. The van der Waals surface area contributed by atoms with E-state index in [1.165, 1.54) is 11.8 Å². The Morgan fingerprint density at radius 2 is 2.05 bits per heavy atom. The van der Waals surface area contributed by atoms with Crippen molar-refractivity contribution in [3.05, 3.63) is 59.7 Å². The third-order valence-electron chi connectivity index (χ3n) is 2.94. The van der Waals surface area contributed by atoms with Crippen molar-refractivity contribution >= 4 is 28.6 Å². The molecule has 3 aromatic rings. The van der Waals surface area contributed by atoms with Gasteiger partial charge in [-0.3, -0.25) is 4.79 Å². The van der Waals surface area contributed by atoms with Gasteiger partial charge in [0.05, 0.1) is 5.75 Å². The molecule has 0 unspecified atom stereocenters. The Bertz CT molecular complexity index is 731. The molecular formula is C16H13NO2S. The molecule has 0 saturated heterocycles. The monoisotopic (exact) mass is 283 g/mol. The molecule has 0 spiro atoms. The zero-order valence-electron chi connectivity index (χ0n) is 11.0. The summed E-state index contributed by atoms with van der Waals surface area (Å²) in [6, 6.07) is 15.2. The Balaban J connectivity index is 1.71. The Hall–Kier alpha value is -2.07. The van der Waals surface area contributed by atoms with Gasteiger partial charge in [-0.1, -0.05) is 47.7 Å². The fourth-order valence-corrected chi connectivity index (χ4v) is 2.67. The fraction of sp³-hybridized carbons (Fsp3) is 0.125. The number of fused-ring (bicyclic) bond motifs is 1. The number of para-hydroxylation sites is 2. The molecule has 0 radical (unpaired) electrons. The number of aryl methyl sites for hydroxylation is 1. The number of nitrogens with zero attached hydrogens (tertiary/aromatic N) is 1. The number of aromatic nitrogens is 1. The summed E-state index contributed by atoms with van der Waals surface area (Å²) >= 11 is 1.33. The van der Waals surface area contributed by atoms with Gasteiger partial charge in [0.1, 0.15) is 5.52 Å². The van der Waals surface area contributed by atoms with E-state index in [4.69, 9.17) is 4.42 Å². The summed E-state index contributed by atoms with van der Waals surface area (Å²) < 4.78 is 5.58. The zero-order chi connectivity index (χ0) is 13.9. The SMILES string of the molecule is Cc1cccc(C(=O)CSc2nc3ccccc3o2)c1. The number of benzene rings is 2. The van der Waals surface area contributed by atoms with E-state index in [1.807, 2.05) is 55.5 Å². The molecule has 0 aliphatic heterocycles. The average Bonchev–Trinajstić information content (AvgIpc) is 2.87. The highest BCUT2D eigenvalue weighted by molar-refractivity contribution is 7.99. The second kappa shape index (κ2) is 5.51. The Morgan fingerprint density at radius 3 is 2.85 bits per heavy atom. The van der Waals surface area contributed by atoms with E-state index >= 15 is 0 Å². The summed E-state index contributed by atoms with van der Waals surface area (Å²) in [6.07, 6.45) is 0. The molecule has 0 N–H and O–H groups in total. The summed E-state index contributed by atoms with van der Waals surface area (Å²) in [5.41, 5.74) is 3.38. The van der Waals surface area contributed by atoms with Crippen molar-refractivity contribution in [2.45, 2.75) is 12.1 Å². The van der Waals surface area contributed by atoms with Gasteiger partial charge in [-0.2, -0.15) is 0 Å². The standard InChI is InChI=1S/C16H13NO2S/c1-11-5-4-6-12(9-11)14(18)10-20-16-17-13-7-2-3-8-15(13)19-16/h2-9H,10H2,1H3. The molecule has 1 heterocycles. The number of hydrogen-bond donors (Lipinski definition) is 0. The second-order valence-corrected chi connectivity index (χ2v) is 5.46. The van der Waals surface area contributed by atoms with Crippen LogP contribution in [0.3, 0.4) is 0 Å². The minimum Gasteiger partial charge on any atom is -0.431 e. The molecule has 4 heteroatoms. The van der Waals surface area contributed by atoms with Crippen LogP contribution in [0.5, 0.6) is 0 Å². The number of carbonyl (C=O) groups excluding carboxylic acids is 1. The lowest BCUT2D eigenvalue weighted by molar-refractivity contribution is 0.102. The summed E-state index contributed by atoms with van der Waals surface area (Å²) in [5, 5.41) is 0.534. The number of thioether (sulfide) groups is 1. The predicted octanol–water partition coefficient (Wildman–Crippen LogP) is 4.11. The van der Waals surface area contributed by atoms with Crippen molar-refractivity contribution in [2.24, 2.45) is 0 Å². The molecule has 0 fully saturated rings. The van der Waals surface area contributed by atoms with Crippen LogP contribution in [0.25, 0.3) is 11.1 Å². The van der Waals surface area contributed by atoms with Crippen LogP contribution in [0.15, 0.2) is 58.2 Å². The molecule has 0 aliphatic rings. The largest absolute Gasteiger partial charge is 0.431 e. The third-order valence-corrected chi connectivity index (χ3v) is 3.77. The van der Waals surface area contributed by atoms with E-state index in [1.54, 1.807) is 0 Å². The summed E-state index contributed by atoms with van der Waals surface area (Å²) in [7, 11) is 0. The van der Waals surface area contributed by atoms with Crippen LogP contribution in [0.2, 0.25) is 0 Å². The van der Waals surface area contributed by atoms with Gasteiger partial charge < -0.3 is 4.42 Å². The lowest BCUT2D eigenvalue weighted by Gasteiger charge is -2.00. The molecule has 0 bridgehead atoms. The van der Waals surface area contributed by atoms with Gasteiger partial charge in [-0.15, -0.1) is 0 Å². The van der Waals surface area contributed by atoms with Crippen LogP contribution in [0.4, 0.5) is 0 Å². The van der Waals surface area contributed by atoms with Crippen molar-refractivity contribution in [3.63, 3.8) is 0 Å². The fourth-order valence-electron chi connectivity index (χ4n) is 1.94. The van der Waals surface area contributed by atoms with Crippen LogP contribution in [0, 0.1) is 6.92 Å². The summed E-state index contributed by atoms with van der Waals surface area (Å²) in [4.78, 5) is 16.4. The molecule has 0 saturated carbocycles. The molecule has 0 atom stereocenters. The molecule has 2 aromatic carbocycles. The first-order valence-corrected chi connectivity index (χ1v) is 7.29. The highest BCUT2D eigenvalue weighted by Gasteiger charge is 2.10. The number of hydrogen-bond acceptors (Lipinski definition) is 4. The third kappa shape index (κ3) is 2.75. The maximum absolute atomic E-state index is 12.1. The Morgan fingerprint density at radius 1 is 1.20 bits per heavy atom. The normalized spacial score (nSPS) is 10.8. The van der Waals surface area contributed by atoms with Gasteiger partial charge in [0.25, 0.3) is 5.22 Å². The minimum atomic E-state index is 0.0842. The minimum absolute atomic E-state index is 0.0842. The summed E-state index contributed by atoms with van der Waals surface area (Å²) in [6.45, 7) is 1.98. The van der Waals surface area contributed by atoms with Gasteiger partial charge in [0.15, 0.2) is 11.4 Å². The molecule has 100 valence electrons. The molecule has 0 aliphatic carbocycles. The lowest BCUT2D eigenvalue weighted by Crippen LogP contribution is -2.02. The van der Waals surface area contributed by atoms with E-state index in [0.717, 1.165) is 22.2 Å². The first-order chi connectivity index (χ1) is 9.72. The van der Waals surface area contributed by atoms with Gasteiger partial charge >= 0.3 is 0 Å². The van der Waals surface area contributed by atoms with Crippen molar-refractivity contribution in [1.29, 1.82) is 0 Å². The van der Waals surface area contributed by atoms with Crippen LogP contribution in [-0.4, -0.2) is 16.5 Å². The maximum Gasteiger partial charge on any atom is 0.257 e. The molecule has 20 heavy (non-hydrogen) atoms. The van der Waals surface area contributed by atoms with E-state index in [-0.39, 0.29) is 5.78 Å². The number of Topliss-reactive ketones (excluding diaryl/α,β-unsaturated/α-hetero) is 1. The van der Waals surface area contributed by atoms with E-state index in [0.29, 0.717) is 11.0 Å². The van der Waals surface area contributed by atoms with E-state index in [2.05, 4.69) is 4.98 Å². The van der Waals surface area contributed by atoms with Gasteiger partial charge in [0, 0.05) is 5.56 Å². The number of rotatable bonds is 4. The van der Waals surface area contributed by atoms with Crippen LogP contribution < -0.4 is 0 Å². The molecular weight excluding hydrogens is 270 g/mol. The molecule has 1 aromatic heterocycles. The van der Waals surface area contributed by atoms with Crippen LogP contribution >= 0.6 is 11.8 Å². The van der Waals surface area contributed by atoms with Gasteiger partial charge in [-0.05, 0) is 25.1 Å².